The number of carbonyl (C=O) groups is 1. The standard InChI is InChI=1S/C14H15N3O2/c1-9-11-4-2-3-5-12(11)14(16-15-9)17(8-13(18)19)10-6-7-10/h2-5,10H,6-8H2,1H3,(H,18,19). The molecule has 3 rings (SSSR count). The number of aryl methyl sites for hydroxylation is 1. The molecule has 5 nitrogen and oxygen atoms in total. The Morgan fingerprint density at radius 3 is 2.63 bits per heavy atom. The van der Waals surface area contributed by atoms with Crippen molar-refractivity contribution in [1.82, 2.24) is 10.2 Å². The Balaban J connectivity index is 2.12. The van der Waals surface area contributed by atoms with Gasteiger partial charge in [-0.25, -0.2) is 0 Å². The Morgan fingerprint density at radius 1 is 1.32 bits per heavy atom. The number of anilines is 1. The highest BCUT2D eigenvalue weighted by Gasteiger charge is 2.32. The highest BCUT2D eigenvalue weighted by molar-refractivity contribution is 5.94. The predicted molar refractivity (Wildman–Crippen MR) is 72.3 cm³/mol. The van der Waals surface area contributed by atoms with Crippen LogP contribution in [0.1, 0.15) is 18.5 Å². The highest BCUT2D eigenvalue weighted by atomic mass is 16.4. The van der Waals surface area contributed by atoms with Crippen LogP contribution >= 0.6 is 0 Å². The Kier molecular flexibility index (Phi) is 2.81. The third kappa shape index (κ3) is 2.23. The van der Waals surface area contributed by atoms with Gasteiger partial charge in [0.05, 0.1) is 5.69 Å². The van der Waals surface area contributed by atoms with E-state index in [1.54, 1.807) is 0 Å². The van der Waals surface area contributed by atoms with Crippen LogP contribution in [0.5, 0.6) is 0 Å². The number of aromatic nitrogens is 2. The van der Waals surface area contributed by atoms with Crippen LogP contribution in [0.3, 0.4) is 0 Å². The molecular weight excluding hydrogens is 242 g/mol. The zero-order chi connectivity index (χ0) is 13.4. The molecule has 1 aliphatic carbocycles. The van der Waals surface area contributed by atoms with Crippen molar-refractivity contribution in [2.45, 2.75) is 25.8 Å². The number of carboxylic acids is 1. The number of aliphatic carboxylic acids is 1. The molecule has 1 fully saturated rings. The molecule has 19 heavy (non-hydrogen) atoms. The monoisotopic (exact) mass is 257 g/mol. The van der Waals surface area contributed by atoms with E-state index in [1.807, 2.05) is 36.1 Å². The van der Waals surface area contributed by atoms with E-state index in [4.69, 9.17) is 5.11 Å². The minimum absolute atomic E-state index is 0.0214. The molecule has 1 aliphatic rings. The van der Waals surface area contributed by atoms with Gasteiger partial charge in [0.25, 0.3) is 0 Å². The number of fused-ring (bicyclic) bond motifs is 1. The van der Waals surface area contributed by atoms with Crippen molar-refractivity contribution in [3.63, 3.8) is 0 Å². The van der Waals surface area contributed by atoms with Crippen molar-refractivity contribution in [1.29, 1.82) is 0 Å². The van der Waals surface area contributed by atoms with Crippen molar-refractivity contribution >= 4 is 22.6 Å². The lowest BCUT2D eigenvalue weighted by molar-refractivity contribution is -0.135. The molecule has 0 saturated heterocycles. The Bertz CT molecular complexity index is 638. The molecule has 5 heteroatoms. The summed E-state index contributed by atoms with van der Waals surface area (Å²) in [6.45, 7) is 1.89. The summed E-state index contributed by atoms with van der Waals surface area (Å²) in [4.78, 5) is 12.9. The molecule has 98 valence electrons. The first-order valence-corrected chi connectivity index (χ1v) is 6.37. The van der Waals surface area contributed by atoms with Gasteiger partial charge in [-0.15, -0.1) is 5.10 Å². The molecule has 0 bridgehead atoms. The third-order valence-electron chi connectivity index (χ3n) is 3.42. The van der Waals surface area contributed by atoms with Crippen LogP contribution in [0.15, 0.2) is 24.3 Å². The van der Waals surface area contributed by atoms with Crippen molar-refractivity contribution in [3.8, 4) is 0 Å². The van der Waals surface area contributed by atoms with Gasteiger partial charge in [-0.3, -0.25) is 4.79 Å². The molecule has 1 heterocycles. The molecule has 0 amide bonds. The number of hydrogen-bond donors (Lipinski definition) is 1. The quantitative estimate of drug-likeness (QED) is 0.907. The number of rotatable bonds is 4. The minimum atomic E-state index is -0.835. The van der Waals surface area contributed by atoms with E-state index in [9.17, 15) is 4.79 Å². The summed E-state index contributed by atoms with van der Waals surface area (Å²) in [5.74, 6) is -0.149. The normalized spacial score (nSPS) is 14.6. The lowest BCUT2D eigenvalue weighted by Crippen LogP contribution is -2.32. The molecule has 0 radical (unpaired) electrons. The Morgan fingerprint density at radius 2 is 2.00 bits per heavy atom. The average Bonchev–Trinajstić information content (AvgIpc) is 3.21. The molecule has 0 unspecified atom stereocenters. The minimum Gasteiger partial charge on any atom is -0.480 e. The second kappa shape index (κ2) is 4.50. The van der Waals surface area contributed by atoms with Crippen LogP contribution in [-0.2, 0) is 4.79 Å². The molecule has 2 aromatic rings. The maximum Gasteiger partial charge on any atom is 0.323 e. The van der Waals surface area contributed by atoms with Crippen LogP contribution in [0.2, 0.25) is 0 Å². The lowest BCUT2D eigenvalue weighted by Gasteiger charge is -2.22. The molecule has 0 atom stereocenters. The second-order valence-corrected chi connectivity index (χ2v) is 4.91. The van der Waals surface area contributed by atoms with Crippen LogP contribution in [0.25, 0.3) is 10.8 Å². The van der Waals surface area contributed by atoms with Gasteiger partial charge < -0.3 is 10.0 Å². The van der Waals surface area contributed by atoms with E-state index in [0.29, 0.717) is 5.82 Å². The summed E-state index contributed by atoms with van der Waals surface area (Å²) in [5, 5.41) is 19.5. The number of hydrogen-bond acceptors (Lipinski definition) is 4. The van der Waals surface area contributed by atoms with Crippen LogP contribution in [0.4, 0.5) is 5.82 Å². The number of benzene rings is 1. The zero-order valence-corrected chi connectivity index (χ0v) is 10.7. The van der Waals surface area contributed by atoms with Gasteiger partial charge in [-0.1, -0.05) is 24.3 Å². The molecule has 1 N–H and O–H groups in total. The fraction of sp³-hybridized carbons (Fsp3) is 0.357. The summed E-state index contributed by atoms with van der Waals surface area (Å²) in [7, 11) is 0. The molecule has 0 spiro atoms. The zero-order valence-electron chi connectivity index (χ0n) is 10.7. The average molecular weight is 257 g/mol. The van der Waals surface area contributed by atoms with Crippen LogP contribution < -0.4 is 4.90 Å². The number of nitrogens with zero attached hydrogens (tertiary/aromatic N) is 3. The fourth-order valence-corrected chi connectivity index (χ4v) is 2.34. The van der Waals surface area contributed by atoms with Gasteiger partial charge in [0, 0.05) is 16.8 Å². The second-order valence-electron chi connectivity index (χ2n) is 4.91. The summed E-state index contributed by atoms with van der Waals surface area (Å²) in [5.41, 5.74) is 0.866. The van der Waals surface area contributed by atoms with E-state index in [2.05, 4.69) is 10.2 Å². The highest BCUT2D eigenvalue weighted by Crippen LogP contribution is 2.34. The molecule has 0 aliphatic heterocycles. The molecule has 1 aromatic heterocycles. The fourth-order valence-electron chi connectivity index (χ4n) is 2.34. The molecular formula is C14H15N3O2. The van der Waals surface area contributed by atoms with E-state index >= 15 is 0 Å². The van der Waals surface area contributed by atoms with Gasteiger partial charge in [0.2, 0.25) is 0 Å². The van der Waals surface area contributed by atoms with Crippen LogP contribution in [-0.4, -0.2) is 33.9 Å². The summed E-state index contributed by atoms with van der Waals surface area (Å²) in [6, 6.07) is 8.16. The van der Waals surface area contributed by atoms with Gasteiger partial charge in [-0.2, -0.15) is 5.10 Å². The van der Waals surface area contributed by atoms with Crippen LogP contribution in [0, 0.1) is 6.92 Å². The maximum atomic E-state index is 11.0. The SMILES string of the molecule is Cc1nnc(N(CC(=O)O)C2CC2)c2ccccc12. The molecule has 1 saturated carbocycles. The first kappa shape index (κ1) is 11.9. The third-order valence-corrected chi connectivity index (χ3v) is 3.42. The summed E-state index contributed by atoms with van der Waals surface area (Å²) >= 11 is 0. The topological polar surface area (TPSA) is 66.3 Å². The first-order valence-electron chi connectivity index (χ1n) is 6.37. The van der Waals surface area contributed by atoms with Crippen molar-refractivity contribution in [3.05, 3.63) is 30.0 Å². The maximum absolute atomic E-state index is 11.0. The van der Waals surface area contributed by atoms with E-state index in [0.717, 1.165) is 29.3 Å². The largest absolute Gasteiger partial charge is 0.480 e. The van der Waals surface area contributed by atoms with Gasteiger partial charge in [0.15, 0.2) is 5.82 Å². The number of carboxylic acid groups (broad SMARTS) is 1. The van der Waals surface area contributed by atoms with E-state index in [1.165, 1.54) is 0 Å². The van der Waals surface area contributed by atoms with Gasteiger partial charge in [0.1, 0.15) is 6.54 Å². The van der Waals surface area contributed by atoms with Crippen molar-refractivity contribution < 1.29 is 9.90 Å². The van der Waals surface area contributed by atoms with E-state index in [-0.39, 0.29) is 12.6 Å². The van der Waals surface area contributed by atoms with Gasteiger partial charge >= 0.3 is 5.97 Å². The summed E-state index contributed by atoms with van der Waals surface area (Å²) in [6.07, 6.45) is 2.05. The first-order chi connectivity index (χ1) is 9.16. The Hall–Kier alpha value is -2.17. The Labute approximate surface area is 110 Å². The van der Waals surface area contributed by atoms with Crippen molar-refractivity contribution in [2.75, 3.05) is 11.4 Å². The predicted octanol–water partition coefficient (Wildman–Crippen LogP) is 1.99. The van der Waals surface area contributed by atoms with Gasteiger partial charge in [-0.05, 0) is 19.8 Å². The van der Waals surface area contributed by atoms with E-state index < -0.39 is 5.97 Å². The molecule has 1 aromatic carbocycles. The lowest BCUT2D eigenvalue weighted by atomic mass is 10.1. The smallest absolute Gasteiger partial charge is 0.323 e. The van der Waals surface area contributed by atoms with Crippen molar-refractivity contribution in [2.24, 2.45) is 0 Å². The summed E-state index contributed by atoms with van der Waals surface area (Å²) < 4.78 is 0.